The van der Waals surface area contributed by atoms with E-state index in [1.165, 1.54) is 0 Å². The van der Waals surface area contributed by atoms with Gasteiger partial charge in [0.15, 0.2) is 5.60 Å². The first-order chi connectivity index (χ1) is 9.36. The second-order valence-electron chi connectivity index (χ2n) is 4.76. The van der Waals surface area contributed by atoms with E-state index in [1.54, 1.807) is 0 Å². The van der Waals surface area contributed by atoms with Crippen molar-refractivity contribution in [2.75, 3.05) is 0 Å². The molecule has 22 heavy (non-hydrogen) atoms. The summed E-state index contributed by atoms with van der Waals surface area (Å²) >= 11 is 0. The van der Waals surface area contributed by atoms with Gasteiger partial charge < -0.3 is 45.6 Å². The number of hydrogen-bond donors (Lipinski definition) is 8. The molecular formula is C10H12LiNO10. The summed E-state index contributed by atoms with van der Waals surface area (Å²) in [5.74, 6) is -11.4. The molecule has 0 radical (unpaired) electrons. The van der Waals surface area contributed by atoms with Gasteiger partial charge in [-0.05, 0) is 6.08 Å². The van der Waals surface area contributed by atoms with E-state index in [-0.39, 0.29) is 18.9 Å². The van der Waals surface area contributed by atoms with Gasteiger partial charge in [-0.1, -0.05) is 12.2 Å². The molecule has 0 aromatic heterocycles. The van der Waals surface area contributed by atoms with Crippen LogP contribution >= 0.6 is 0 Å². The van der Waals surface area contributed by atoms with Gasteiger partial charge >= 0.3 is 18.9 Å². The Morgan fingerprint density at radius 1 is 1.14 bits per heavy atom. The Morgan fingerprint density at radius 3 is 2.09 bits per heavy atom. The molecule has 0 aromatic rings. The number of hydroxylamine groups is 2. The van der Waals surface area contributed by atoms with E-state index in [4.69, 9.17) is 0 Å². The summed E-state index contributed by atoms with van der Waals surface area (Å²) in [6.07, 6.45) is 0.285. The molecule has 118 valence electrons. The van der Waals surface area contributed by atoms with Gasteiger partial charge in [0.2, 0.25) is 0 Å². The second kappa shape index (κ2) is 5.01. The zero-order chi connectivity index (χ0) is 16.4. The zero-order valence-electron chi connectivity index (χ0n) is 11.2. The van der Waals surface area contributed by atoms with E-state index in [2.05, 4.69) is 0 Å². The molecule has 12 heteroatoms. The smallest absolute Gasteiger partial charge is 0.545 e. The quantitative estimate of drug-likeness (QED) is 0.168. The van der Waals surface area contributed by atoms with E-state index in [0.29, 0.717) is 6.08 Å². The van der Waals surface area contributed by atoms with Gasteiger partial charge in [0.05, 0.1) is 5.70 Å². The van der Waals surface area contributed by atoms with Crippen molar-refractivity contribution in [2.24, 2.45) is 0 Å². The molecule has 0 spiro atoms. The summed E-state index contributed by atoms with van der Waals surface area (Å²) in [5.41, 5.74) is -8.63. The number of rotatable bonds is 1. The van der Waals surface area contributed by atoms with Crippen molar-refractivity contribution < 1.29 is 69.7 Å². The van der Waals surface area contributed by atoms with Crippen LogP contribution in [0.25, 0.3) is 0 Å². The van der Waals surface area contributed by atoms with E-state index >= 15 is 0 Å². The van der Waals surface area contributed by atoms with Crippen LogP contribution in [0.2, 0.25) is 0 Å². The van der Waals surface area contributed by atoms with E-state index in [0.717, 1.165) is 12.2 Å². The third-order valence-corrected chi connectivity index (χ3v) is 3.69. The van der Waals surface area contributed by atoms with Crippen molar-refractivity contribution in [3.8, 4) is 0 Å². The molecule has 3 unspecified atom stereocenters. The third kappa shape index (κ3) is 1.72. The number of aliphatic carboxylic acids is 1. The Labute approximate surface area is 134 Å². The molecule has 0 saturated carbocycles. The number of aliphatic hydroxyl groups excluding tert-OH is 1. The molecule has 0 amide bonds. The fourth-order valence-corrected chi connectivity index (χ4v) is 2.35. The van der Waals surface area contributed by atoms with Crippen LogP contribution < -0.4 is 24.0 Å². The first kappa shape index (κ1) is 19.1. The Hall–Kier alpha value is -0.973. The molecule has 1 fully saturated rings. The molecule has 11 nitrogen and oxygen atoms in total. The molecule has 3 atom stereocenters. The van der Waals surface area contributed by atoms with Gasteiger partial charge in [0, 0.05) is 0 Å². The molecule has 0 bridgehead atoms. The molecule has 1 saturated heterocycles. The number of carbonyl (C=O) groups excluding carboxylic acids is 1. The summed E-state index contributed by atoms with van der Waals surface area (Å²) in [5, 5.41) is 88.4. The van der Waals surface area contributed by atoms with Gasteiger partial charge in [0.25, 0.3) is 17.3 Å². The zero-order valence-corrected chi connectivity index (χ0v) is 11.2. The van der Waals surface area contributed by atoms with Crippen molar-refractivity contribution in [1.29, 1.82) is 0 Å². The fourth-order valence-electron chi connectivity index (χ4n) is 2.35. The average molecular weight is 313 g/mol. The Bertz CT molecular complexity index is 560. The minimum absolute atomic E-state index is 0. The molecule has 1 heterocycles. The third-order valence-electron chi connectivity index (χ3n) is 3.69. The molecule has 1 aliphatic heterocycles. The number of allylic oxidation sites excluding steroid dienone is 2. The van der Waals surface area contributed by atoms with Crippen LogP contribution in [0.3, 0.4) is 0 Å². The molecule has 1 aliphatic carbocycles. The van der Waals surface area contributed by atoms with Gasteiger partial charge in [-0.2, -0.15) is 0 Å². The van der Waals surface area contributed by atoms with Gasteiger partial charge in [-0.3, -0.25) is 5.21 Å². The van der Waals surface area contributed by atoms with Crippen LogP contribution in [-0.2, 0) is 4.79 Å². The maximum atomic E-state index is 11.0. The average Bonchev–Trinajstić information content (AvgIpc) is 2.38. The summed E-state index contributed by atoms with van der Waals surface area (Å²) in [6, 6.07) is 0. The van der Waals surface area contributed by atoms with E-state index in [1.807, 2.05) is 0 Å². The first-order valence-corrected chi connectivity index (χ1v) is 5.48. The monoisotopic (exact) mass is 313 g/mol. The number of carboxylic acids is 1. The Kier molecular flexibility index (Phi) is 4.35. The number of fused-ring (bicyclic) bond motifs is 1. The normalized spacial score (nSPS) is 38.6. The van der Waals surface area contributed by atoms with Gasteiger partial charge in [-0.25, -0.2) is 5.06 Å². The van der Waals surface area contributed by atoms with Crippen LogP contribution in [0.15, 0.2) is 23.9 Å². The van der Waals surface area contributed by atoms with Crippen molar-refractivity contribution in [3.05, 3.63) is 23.9 Å². The van der Waals surface area contributed by atoms with Crippen LogP contribution in [0.5, 0.6) is 0 Å². The first-order valence-electron chi connectivity index (χ1n) is 5.48. The number of piperidine rings is 1. The maximum absolute atomic E-state index is 11.0. The number of carbonyl (C=O) groups is 1. The Balaban J connectivity index is 0.00000242. The SMILES string of the molecule is O=C([O-])C1(O)N(O)C2=CC=CC(O)C2(O)C(O)(O)C1(O)O.[Li+]. The number of hydrogen-bond acceptors (Lipinski definition) is 11. The van der Waals surface area contributed by atoms with Gasteiger partial charge in [0.1, 0.15) is 12.1 Å². The largest absolute Gasteiger partial charge is 1.00 e. The predicted octanol–water partition coefficient (Wildman–Crippen LogP) is -8.96. The topological polar surface area (TPSA) is 205 Å². The van der Waals surface area contributed by atoms with Crippen molar-refractivity contribution in [1.82, 2.24) is 5.06 Å². The van der Waals surface area contributed by atoms with Crippen molar-refractivity contribution >= 4 is 5.97 Å². The molecule has 2 rings (SSSR count). The predicted molar refractivity (Wildman–Crippen MR) is 56.1 cm³/mol. The summed E-state index contributed by atoms with van der Waals surface area (Å²) in [7, 11) is 0. The number of carboxylic acid groups (broad SMARTS) is 1. The molecule has 0 aromatic carbocycles. The molecule has 2 aliphatic rings. The minimum atomic E-state index is -4.45. The van der Waals surface area contributed by atoms with Gasteiger partial charge in [-0.15, -0.1) is 0 Å². The standard InChI is InChI=1S/C10H13NO10.Li/c12-5-3-1-2-4-7(5,15)9(17,18)10(19,20)8(16,6(13)14)11(4)21;/h1-3,5,12,15-21H,(H,13,14);/q;+1/p-1. The minimum Gasteiger partial charge on any atom is -0.545 e. The summed E-state index contributed by atoms with van der Waals surface area (Å²) < 4.78 is 0. The summed E-state index contributed by atoms with van der Waals surface area (Å²) in [4.78, 5) is 11.0. The van der Waals surface area contributed by atoms with Crippen LogP contribution in [0.4, 0.5) is 0 Å². The van der Waals surface area contributed by atoms with Crippen molar-refractivity contribution in [2.45, 2.75) is 29.0 Å². The second-order valence-corrected chi connectivity index (χ2v) is 4.76. The van der Waals surface area contributed by atoms with Crippen molar-refractivity contribution in [3.63, 3.8) is 0 Å². The van der Waals surface area contributed by atoms with Crippen LogP contribution in [0, 0.1) is 0 Å². The molecular weight excluding hydrogens is 301 g/mol. The molecule has 8 N–H and O–H groups in total. The number of nitrogens with zero attached hydrogens (tertiary/aromatic N) is 1. The van der Waals surface area contributed by atoms with E-state index < -0.39 is 45.7 Å². The number of aliphatic hydroxyl groups is 7. The summed E-state index contributed by atoms with van der Waals surface area (Å²) in [6.45, 7) is 0. The fraction of sp³-hybridized carbons (Fsp3) is 0.500. The Morgan fingerprint density at radius 2 is 1.64 bits per heavy atom. The van der Waals surface area contributed by atoms with Crippen LogP contribution in [0.1, 0.15) is 0 Å². The van der Waals surface area contributed by atoms with E-state index in [9.17, 15) is 50.9 Å². The van der Waals surface area contributed by atoms with Crippen LogP contribution in [-0.4, -0.2) is 81.0 Å². The maximum Gasteiger partial charge on any atom is 1.00 e.